The fraction of sp³-hybridized carbons (Fsp3) is 0.560. The Bertz CT molecular complexity index is 833. The summed E-state index contributed by atoms with van der Waals surface area (Å²) < 4.78 is 11.2. The van der Waals surface area contributed by atoms with Crippen LogP contribution in [0.3, 0.4) is 0 Å². The second-order valence-corrected chi connectivity index (χ2v) is 8.82. The van der Waals surface area contributed by atoms with Crippen LogP contribution in [0.5, 0.6) is 11.5 Å². The van der Waals surface area contributed by atoms with Gasteiger partial charge in [0.15, 0.2) is 11.6 Å². The molecule has 1 heterocycles. The number of halogens is 1. The van der Waals surface area contributed by atoms with Gasteiger partial charge in [-0.3, -0.25) is 4.79 Å². The average molecular weight is 445 g/mol. The molecule has 0 N–H and O–H groups in total. The lowest BCUT2D eigenvalue weighted by atomic mass is 9.80. The van der Waals surface area contributed by atoms with Gasteiger partial charge in [-0.15, -0.1) is 0 Å². The number of carbonyl (C=O) groups is 1. The van der Waals surface area contributed by atoms with Crippen molar-refractivity contribution in [2.24, 2.45) is 11.8 Å². The third kappa shape index (κ3) is 7.20. The van der Waals surface area contributed by atoms with Crippen molar-refractivity contribution in [3.63, 3.8) is 0 Å². The predicted molar refractivity (Wildman–Crippen MR) is 123 cm³/mol. The number of carbonyl (C=O) groups excluding carboxylic acids is 1. The fourth-order valence-electron chi connectivity index (χ4n) is 4.04. The lowest BCUT2D eigenvalue weighted by Crippen LogP contribution is -2.20. The van der Waals surface area contributed by atoms with E-state index in [1.54, 1.807) is 37.5 Å². The Morgan fingerprint density at radius 2 is 1.77 bits per heavy atom. The highest BCUT2D eigenvalue weighted by atomic mass is 35.5. The van der Waals surface area contributed by atoms with Crippen molar-refractivity contribution >= 4 is 17.6 Å². The van der Waals surface area contributed by atoms with Crippen LogP contribution in [-0.4, -0.2) is 22.5 Å². The third-order valence-corrected chi connectivity index (χ3v) is 6.29. The number of aromatic nitrogens is 2. The molecule has 0 unspecified atom stereocenters. The van der Waals surface area contributed by atoms with Crippen molar-refractivity contribution in [1.29, 1.82) is 0 Å². The van der Waals surface area contributed by atoms with E-state index < -0.39 is 0 Å². The molecular weight excluding hydrogens is 412 g/mol. The van der Waals surface area contributed by atoms with E-state index in [4.69, 9.17) is 21.1 Å². The molecule has 1 aromatic carbocycles. The molecule has 3 rings (SSSR count). The van der Waals surface area contributed by atoms with Gasteiger partial charge in [0.1, 0.15) is 5.75 Å². The maximum Gasteiger partial charge on any atom is 0.310 e. The minimum atomic E-state index is -0.322. The first kappa shape index (κ1) is 23.5. The second-order valence-electron chi connectivity index (χ2n) is 8.41. The molecule has 31 heavy (non-hydrogen) atoms. The predicted octanol–water partition coefficient (Wildman–Crippen LogP) is 6.88. The summed E-state index contributed by atoms with van der Waals surface area (Å²) in [6.07, 6.45) is 14.3. The van der Waals surface area contributed by atoms with Crippen LogP contribution >= 0.6 is 11.6 Å². The standard InChI is InChI=1S/C25H33ClN2O3/c1-3-5-6-7-18-8-10-19(11-9-18)17-30-21-15-27-25(28-16-21)20-12-13-23(22(26)14-20)31-24(29)4-2/h12-16,18-19H,3-11,17H2,1-2H3/t18-,19-. The van der Waals surface area contributed by atoms with Crippen molar-refractivity contribution in [2.75, 3.05) is 6.61 Å². The number of rotatable bonds is 10. The highest BCUT2D eigenvalue weighted by molar-refractivity contribution is 6.32. The Morgan fingerprint density at radius 3 is 2.42 bits per heavy atom. The van der Waals surface area contributed by atoms with Crippen LogP contribution < -0.4 is 9.47 Å². The molecule has 1 aliphatic rings. The molecule has 0 atom stereocenters. The molecule has 1 aromatic heterocycles. The van der Waals surface area contributed by atoms with E-state index in [1.807, 2.05) is 0 Å². The van der Waals surface area contributed by atoms with Crippen molar-refractivity contribution in [3.05, 3.63) is 35.6 Å². The van der Waals surface area contributed by atoms with Crippen LogP contribution in [0.15, 0.2) is 30.6 Å². The van der Waals surface area contributed by atoms with Gasteiger partial charge < -0.3 is 9.47 Å². The molecule has 1 saturated carbocycles. The summed E-state index contributed by atoms with van der Waals surface area (Å²) >= 11 is 6.24. The summed E-state index contributed by atoms with van der Waals surface area (Å²) in [7, 11) is 0. The van der Waals surface area contributed by atoms with Gasteiger partial charge in [0, 0.05) is 12.0 Å². The smallest absolute Gasteiger partial charge is 0.310 e. The van der Waals surface area contributed by atoms with Crippen LogP contribution in [0.4, 0.5) is 0 Å². The monoisotopic (exact) mass is 444 g/mol. The normalized spacial score (nSPS) is 18.5. The topological polar surface area (TPSA) is 61.3 Å². The van der Waals surface area contributed by atoms with E-state index in [0.29, 0.717) is 34.7 Å². The average Bonchev–Trinajstić information content (AvgIpc) is 2.80. The molecule has 2 aromatic rings. The van der Waals surface area contributed by atoms with Crippen molar-refractivity contribution < 1.29 is 14.3 Å². The molecule has 1 aliphatic carbocycles. The first-order valence-corrected chi connectivity index (χ1v) is 11.9. The van der Waals surface area contributed by atoms with E-state index in [1.165, 1.54) is 51.4 Å². The van der Waals surface area contributed by atoms with Gasteiger partial charge in [0.05, 0.1) is 24.0 Å². The van der Waals surface area contributed by atoms with Gasteiger partial charge in [-0.05, 0) is 42.9 Å². The molecule has 6 heteroatoms. The fourth-order valence-corrected chi connectivity index (χ4v) is 4.26. The summed E-state index contributed by atoms with van der Waals surface area (Å²) in [6.45, 7) is 4.73. The largest absolute Gasteiger partial charge is 0.490 e. The highest BCUT2D eigenvalue weighted by Gasteiger charge is 2.21. The Kier molecular flexibility index (Phi) is 9.13. The first-order valence-electron chi connectivity index (χ1n) is 11.5. The van der Waals surface area contributed by atoms with E-state index >= 15 is 0 Å². The summed E-state index contributed by atoms with van der Waals surface area (Å²) in [5, 5.41) is 0.355. The number of ether oxygens (including phenoxy) is 2. The molecule has 0 spiro atoms. The molecule has 0 saturated heterocycles. The zero-order valence-corrected chi connectivity index (χ0v) is 19.4. The number of hydrogen-bond acceptors (Lipinski definition) is 5. The van der Waals surface area contributed by atoms with Gasteiger partial charge >= 0.3 is 5.97 Å². The van der Waals surface area contributed by atoms with Gasteiger partial charge in [0.25, 0.3) is 0 Å². The van der Waals surface area contributed by atoms with Crippen LogP contribution in [0.25, 0.3) is 11.4 Å². The number of nitrogens with zero attached hydrogens (tertiary/aromatic N) is 2. The number of esters is 1. The van der Waals surface area contributed by atoms with Crippen LogP contribution in [0.1, 0.15) is 71.6 Å². The maximum absolute atomic E-state index is 11.5. The van der Waals surface area contributed by atoms with Crippen LogP contribution in [0, 0.1) is 11.8 Å². The van der Waals surface area contributed by atoms with E-state index in [2.05, 4.69) is 16.9 Å². The number of benzene rings is 1. The highest BCUT2D eigenvalue weighted by Crippen LogP contribution is 2.33. The molecule has 0 bridgehead atoms. The minimum Gasteiger partial charge on any atom is -0.490 e. The molecule has 0 aliphatic heterocycles. The quantitative estimate of drug-likeness (QED) is 0.227. The van der Waals surface area contributed by atoms with Crippen LogP contribution in [-0.2, 0) is 4.79 Å². The molecule has 1 fully saturated rings. The zero-order valence-electron chi connectivity index (χ0n) is 18.6. The summed E-state index contributed by atoms with van der Waals surface area (Å²) in [4.78, 5) is 20.3. The molecular formula is C25H33ClN2O3. The molecule has 168 valence electrons. The summed E-state index contributed by atoms with van der Waals surface area (Å²) in [5.41, 5.74) is 0.759. The Morgan fingerprint density at radius 1 is 1.06 bits per heavy atom. The van der Waals surface area contributed by atoms with Crippen molar-refractivity contribution in [3.8, 4) is 22.9 Å². The summed E-state index contributed by atoms with van der Waals surface area (Å²) in [5.74, 6) is 2.80. The minimum absolute atomic E-state index is 0.295. The van der Waals surface area contributed by atoms with E-state index in [-0.39, 0.29) is 5.97 Å². The lowest BCUT2D eigenvalue weighted by Gasteiger charge is -2.28. The second kappa shape index (κ2) is 12.0. The SMILES string of the molecule is CCCCC[C@H]1CC[C@H](COc2cnc(-c3ccc(OC(=O)CC)c(Cl)c3)nc2)CC1. The molecule has 0 amide bonds. The maximum atomic E-state index is 11.5. The van der Waals surface area contributed by atoms with Gasteiger partial charge in [-0.1, -0.05) is 64.0 Å². The Balaban J connectivity index is 1.47. The van der Waals surface area contributed by atoms with Gasteiger partial charge in [-0.25, -0.2) is 9.97 Å². The van der Waals surface area contributed by atoms with Crippen molar-refractivity contribution in [1.82, 2.24) is 9.97 Å². The van der Waals surface area contributed by atoms with Crippen LogP contribution in [0.2, 0.25) is 5.02 Å². The Hall–Kier alpha value is -2.14. The lowest BCUT2D eigenvalue weighted by molar-refractivity contribution is -0.134. The third-order valence-electron chi connectivity index (χ3n) is 6.00. The van der Waals surface area contributed by atoms with E-state index in [9.17, 15) is 4.79 Å². The Labute approximate surface area is 190 Å². The number of unbranched alkanes of at least 4 members (excludes halogenated alkanes) is 2. The van der Waals surface area contributed by atoms with E-state index in [0.717, 1.165) is 18.1 Å². The zero-order chi connectivity index (χ0) is 22.1. The van der Waals surface area contributed by atoms with Gasteiger partial charge in [-0.2, -0.15) is 0 Å². The van der Waals surface area contributed by atoms with Crippen molar-refractivity contribution in [2.45, 2.75) is 71.6 Å². The molecule has 5 nitrogen and oxygen atoms in total. The summed E-state index contributed by atoms with van der Waals surface area (Å²) in [6, 6.07) is 5.16. The first-order chi connectivity index (χ1) is 15.1. The van der Waals surface area contributed by atoms with Gasteiger partial charge in [0.2, 0.25) is 0 Å². The molecule has 0 radical (unpaired) electrons. The number of hydrogen-bond donors (Lipinski definition) is 0.